The van der Waals surface area contributed by atoms with Gasteiger partial charge >= 0.3 is 0 Å². The molecule has 31 heavy (non-hydrogen) atoms. The number of sulfonamides is 1. The number of nitrogens with zero attached hydrogens (tertiary/aromatic N) is 1. The van der Waals surface area contributed by atoms with Crippen LogP contribution < -0.4 is 19.1 Å². The minimum Gasteiger partial charge on any atom is -0.494 e. The number of benzene rings is 2. The van der Waals surface area contributed by atoms with E-state index < -0.39 is 15.6 Å². The van der Waals surface area contributed by atoms with Crippen LogP contribution >= 0.6 is 0 Å². The highest BCUT2D eigenvalue weighted by Crippen LogP contribution is 2.39. The van der Waals surface area contributed by atoms with Crippen LogP contribution in [0.1, 0.15) is 44.4 Å². The summed E-state index contributed by atoms with van der Waals surface area (Å²) in [6, 6.07) is 12.3. The van der Waals surface area contributed by atoms with Crippen molar-refractivity contribution in [2.75, 3.05) is 23.7 Å². The monoisotopic (exact) mass is 446 g/mol. The third-order valence-corrected chi connectivity index (χ3v) is 6.22. The SMILES string of the molecule is CCOc1ccc(N(CC(=O)N[C@H]2CC(C)(C)Oc3ccc(C)cc32)S(C)(=O)=O)cc1. The maximum absolute atomic E-state index is 12.9. The van der Waals surface area contributed by atoms with Gasteiger partial charge in [0.25, 0.3) is 0 Å². The van der Waals surface area contributed by atoms with E-state index in [0.717, 1.165) is 27.4 Å². The number of hydrogen-bond acceptors (Lipinski definition) is 5. The van der Waals surface area contributed by atoms with Gasteiger partial charge in [0.1, 0.15) is 23.6 Å². The van der Waals surface area contributed by atoms with E-state index in [1.807, 2.05) is 45.9 Å². The third-order valence-electron chi connectivity index (χ3n) is 5.08. The Balaban J connectivity index is 1.81. The highest BCUT2D eigenvalue weighted by molar-refractivity contribution is 7.92. The standard InChI is InChI=1S/C23H30N2O5S/c1-6-29-18-10-8-17(9-11-18)25(31(5,27)28)15-22(26)24-20-14-23(3,4)30-21-12-7-16(2)13-19(20)21/h7-13,20H,6,14-15H2,1-5H3,(H,24,26)/t20-/m0/s1. The normalized spacial score (nSPS) is 17.3. The Hall–Kier alpha value is -2.74. The van der Waals surface area contributed by atoms with Gasteiger partial charge in [0.15, 0.2) is 0 Å². The average molecular weight is 447 g/mol. The van der Waals surface area contributed by atoms with Gasteiger partial charge in [-0.3, -0.25) is 9.10 Å². The lowest BCUT2D eigenvalue weighted by Gasteiger charge is -2.38. The van der Waals surface area contributed by atoms with Crippen molar-refractivity contribution >= 4 is 21.6 Å². The van der Waals surface area contributed by atoms with Gasteiger partial charge in [0, 0.05) is 12.0 Å². The number of anilines is 1. The van der Waals surface area contributed by atoms with Crippen LogP contribution in [-0.2, 0) is 14.8 Å². The van der Waals surface area contributed by atoms with Crippen molar-refractivity contribution in [2.24, 2.45) is 0 Å². The number of carbonyl (C=O) groups excluding carboxylic acids is 1. The Bertz CT molecular complexity index is 1050. The van der Waals surface area contributed by atoms with Gasteiger partial charge in [-0.25, -0.2) is 8.42 Å². The summed E-state index contributed by atoms with van der Waals surface area (Å²) < 4.78 is 37.4. The quantitative estimate of drug-likeness (QED) is 0.703. The number of rotatable bonds is 7. The first kappa shape index (κ1) is 22.9. The Morgan fingerprint density at radius 1 is 1.23 bits per heavy atom. The Morgan fingerprint density at radius 3 is 2.52 bits per heavy atom. The van der Waals surface area contributed by atoms with Gasteiger partial charge in [-0.2, -0.15) is 0 Å². The summed E-state index contributed by atoms with van der Waals surface area (Å²) in [5.41, 5.74) is 1.92. The Morgan fingerprint density at radius 2 is 1.90 bits per heavy atom. The van der Waals surface area contributed by atoms with Crippen LogP contribution in [-0.4, -0.2) is 39.3 Å². The third kappa shape index (κ3) is 5.70. The van der Waals surface area contributed by atoms with Crippen LogP contribution in [0.3, 0.4) is 0 Å². The molecule has 2 aromatic carbocycles. The molecule has 0 bridgehead atoms. The summed E-state index contributed by atoms with van der Waals surface area (Å²) in [5.74, 6) is 0.994. The number of hydrogen-bond donors (Lipinski definition) is 1. The molecular weight excluding hydrogens is 416 g/mol. The van der Waals surface area contributed by atoms with Crippen molar-refractivity contribution in [2.45, 2.75) is 45.8 Å². The predicted molar refractivity (Wildman–Crippen MR) is 121 cm³/mol. The largest absolute Gasteiger partial charge is 0.494 e. The van der Waals surface area contributed by atoms with E-state index in [9.17, 15) is 13.2 Å². The van der Waals surface area contributed by atoms with E-state index in [-0.39, 0.29) is 18.5 Å². The van der Waals surface area contributed by atoms with Crippen LogP contribution in [0, 0.1) is 6.92 Å². The molecule has 1 amide bonds. The van der Waals surface area contributed by atoms with Crippen LogP contribution in [0.2, 0.25) is 0 Å². The number of fused-ring (bicyclic) bond motifs is 1. The topological polar surface area (TPSA) is 84.9 Å². The van der Waals surface area contributed by atoms with Gasteiger partial charge < -0.3 is 14.8 Å². The van der Waals surface area contributed by atoms with E-state index in [0.29, 0.717) is 24.5 Å². The lowest BCUT2D eigenvalue weighted by molar-refractivity contribution is -0.120. The molecule has 0 aromatic heterocycles. The van der Waals surface area contributed by atoms with E-state index in [4.69, 9.17) is 9.47 Å². The minimum absolute atomic E-state index is 0.270. The fourth-order valence-corrected chi connectivity index (χ4v) is 4.60. The van der Waals surface area contributed by atoms with E-state index in [1.165, 1.54) is 0 Å². The van der Waals surface area contributed by atoms with Crippen molar-refractivity contribution in [3.8, 4) is 11.5 Å². The molecule has 8 heteroatoms. The van der Waals surface area contributed by atoms with E-state index >= 15 is 0 Å². The molecule has 1 aliphatic rings. The van der Waals surface area contributed by atoms with E-state index in [2.05, 4.69) is 5.32 Å². The smallest absolute Gasteiger partial charge is 0.241 e. The van der Waals surface area contributed by atoms with Crippen molar-refractivity contribution in [3.05, 3.63) is 53.6 Å². The number of nitrogens with one attached hydrogen (secondary N) is 1. The molecule has 168 valence electrons. The zero-order valence-electron chi connectivity index (χ0n) is 18.6. The number of carbonyl (C=O) groups is 1. The first-order valence-electron chi connectivity index (χ1n) is 10.3. The Kier molecular flexibility index (Phi) is 6.50. The number of amides is 1. The summed E-state index contributed by atoms with van der Waals surface area (Å²) in [4.78, 5) is 12.9. The first-order chi connectivity index (χ1) is 14.5. The first-order valence-corrected chi connectivity index (χ1v) is 12.1. The molecule has 2 aromatic rings. The number of ether oxygens (including phenoxy) is 2. The lowest BCUT2D eigenvalue weighted by atomic mass is 9.89. The molecular formula is C23H30N2O5S. The maximum atomic E-state index is 12.9. The molecule has 1 aliphatic heterocycles. The summed E-state index contributed by atoms with van der Waals surface area (Å²) in [6.07, 6.45) is 1.67. The van der Waals surface area contributed by atoms with Crippen LogP contribution in [0.25, 0.3) is 0 Å². The van der Waals surface area contributed by atoms with Crippen LogP contribution in [0.15, 0.2) is 42.5 Å². The molecule has 0 radical (unpaired) electrons. The fraction of sp³-hybridized carbons (Fsp3) is 0.435. The highest BCUT2D eigenvalue weighted by atomic mass is 32.2. The summed E-state index contributed by atoms with van der Waals surface area (Å²) in [7, 11) is -3.66. The molecule has 0 saturated heterocycles. The molecule has 0 unspecified atom stereocenters. The highest BCUT2D eigenvalue weighted by Gasteiger charge is 2.35. The van der Waals surface area contributed by atoms with Crippen molar-refractivity contribution in [3.63, 3.8) is 0 Å². The van der Waals surface area contributed by atoms with Crippen molar-refractivity contribution in [1.29, 1.82) is 0 Å². The fourth-order valence-electron chi connectivity index (χ4n) is 3.75. The summed E-state index contributed by atoms with van der Waals surface area (Å²) in [6.45, 7) is 8.00. The minimum atomic E-state index is -3.66. The average Bonchev–Trinajstić information content (AvgIpc) is 2.66. The lowest BCUT2D eigenvalue weighted by Crippen LogP contribution is -2.45. The van der Waals surface area contributed by atoms with Crippen LogP contribution in [0.4, 0.5) is 5.69 Å². The van der Waals surface area contributed by atoms with E-state index in [1.54, 1.807) is 24.3 Å². The molecule has 0 fully saturated rings. The van der Waals surface area contributed by atoms with Gasteiger partial charge in [0.2, 0.25) is 15.9 Å². The predicted octanol–water partition coefficient (Wildman–Crippen LogP) is 3.58. The second kappa shape index (κ2) is 8.78. The second-order valence-corrected chi connectivity index (χ2v) is 10.3. The molecule has 1 atom stereocenters. The molecule has 0 aliphatic carbocycles. The van der Waals surface area contributed by atoms with Gasteiger partial charge in [-0.15, -0.1) is 0 Å². The molecule has 7 nitrogen and oxygen atoms in total. The van der Waals surface area contributed by atoms with Crippen LogP contribution in [0.5, 0.6) is 11.5 Å². The van der Waals surface area contributed by atoms with Crippen molar-refractivity contribution in [1.82, 2.24) is 5.32 Å². The van der Waals surface area contributed by atoms with Crippen molar-refractivity contribution < 1.29 is 22.7 Å². The molecule has 0 spiro atoms. The molecule has 1 N–H and O–H groups in total. The Labute approximate surface area is 184 Å². The summed E-state index contributed by atoms with van der Waals surface area (Å²) >= 11 is 0. The second-order valence-electron chi connectivity index (χ2n) is 8.42. The van der Waals surface area contributed by atoms with Gasteiger partial charge in [-0.05, 0) is 58.0 Å². The molecule has 3 rings (SSSR count). The van der Waals surface area contributed by atoms with Gasteiger partial charge in [0.05, 0.1) is 24.6 Å². The summed E-state index contributed by atoms with van der Waals surface area (Å²) in [5, 5.41) is 3.01. The maximum Gasteiger partial charge on any atom is 0.241 e. The molecule has 1 heterocycles. The zero-order valence-corrected chi connectivity index (χ0v) is 19.5. The number of aryl methyl sites for hydroxylation is 1. The van der Waals surface area contributed by atoms with Gasteiger partial charge in [-0.1, -0.05) is 17.7 Å². The molecule has 0 saturated carbocycles. The zero-order chi connectivity index (χ0) is 22.8.